The fraction of sp³-hybridized carbons (Fsp3) is 0.467. The average Bonchev–Trinajstić information content (AvgIpc) is 2.59. The van der Waals surface area contributed by atoms with Gasteiger partial charge in [0.2, 0.25) is 0 Å². The molecule has 0 aromatic heterocycles. The molecule has 0 fully saturated rings. The summed E-state index contributed by atoms with van der Waals surface area (Å²) in [5, 5.41) is 0. The first-order chi connectivity index (χ1) is 7.09. The Morgan fingerprint density at radius 3 is 2.40 bits per heavy atom. The Balaban J connectivity index is 2.38. The van der Waals surface area contributed by atoms with Crippen LogP contribution in [0, 0.1) is 5.92 Å². The molecule has 0 radical (unpaired) electrons. The Bertz CT molecular complexity index is 383. The molecular formula is C15H20. The van der Waals surface area contributed by atoms with Gasteiger partial charge in [0.05, 0.1) is 0 Å². The van der Waals surface area contributed by atoms with Crippen LogP contribution in [0.1, 0.15) is 56.2 Å². The maximum atomic E-state index is 2.35. The molecule has 2 rings (SSSR count). The molecule has 0 heteroatoms. The number of benzene rings is 1. The Morgan fingerprint density at radius 1 is 1.07 bits per heavy atom. The van der Waals surface area contributed by atoms with Crippen molar-refractivity contribution in [2.45, 2.75) is 39.5 Å². The van der Waals surface area contributed by atoms with E-state index in [1.54, 1.807) is 0 Å². The van der Waals surface area contributed by atoms with Crippen LogP contribution in [-0.2, 0) is 0 Å². The molecule has 15 heavy (non-hydrogen) atoms. The van der Waals surface area contributed by atoms with E-state index in [0.717, 1.165) is 0 Å². The van der Waals surface area contributed by atoms with Crippen LogP contribution in [0.5, 0.6) is 0 Å². The van der Waals surface area contributed by atoms with Crippen molar-refractivity contribution in [1.29, 1.82) is 0 Å². The minimum Gasteiger partial charge on any atom is -0.0761 e. The molecule has 1 aromatic rings. The van der Waals surface area contributed by atoms with Crippen LogP contribution in [-0.4, -0.2) is 0 Å². The van der Waals surface area contributed by atoms with E-state index in [9.17, 15) is 0 Å². The lowest BCUT2D eigenvalue weighted by molar-refractivity contribution is 0.584. The van der Waals surface area contributed by atoms with Crippen LogP contribution in [0.25, 0.3) is 6.08 Å². The van der Waals surface area contributed by atoms with E-state index >= 15 is 0 Å². The Labute approximate surface area is 93.0 Å². The second-order valence-electron chi connectivity index (χ2n) is 5.17. The highest BCUT2D eigenvalue weighted by Gasteiger charge is 2.20. The van der Waals surface area contributed by atoms with E-state index < -0.39 is 0 Å². The van der Waals surface area contributed by atoms with Crippen molar-refractivity contribution in [3.05, 3.63) is 41.0 Å². The first kappa shape index (κ1) is 10.5. The number of hydrogen-bond donors (Lipinski definition) is 0. The SMILES string of the molecule is CC(C)c1ccc2c(c1)C=CC2C(C)C. The first-order valence-corrected chi connectivity index (χ1v) is 5.91. The molecule has 0 bridgehead atoms. The van der Waals surface area contributed by atoms with Crippen molar-refractivity contribution >= 4 is 6.08 Å². The lowest BCUT2D eigenvalue weighted by Crippen LogP contribution is -2.02. The fourth-order valence-corrected chi connectivity index (χ4v) is 2.29. The van der Waals surface area contributed by atoms with Crippen LogP contribution in [0.3, 0.4) is 0 Å². The molecule has 0 spiro atoms. The van der Waals surface area contributed by atoms with E-state index in [-0.39, 0.29) is 0 Å². The summed E-state index contributed by atoms with van der Waals surface area (Å²) in [5.74, 6) is 1.95. The highest BCUT2D eigenvalue weighted by Crippen LogP contribution is 2.36. The lowest BCUT2D eigenvalue weighted by Gasteiger charge is -2.16. The summed E-state index contributed by atoms with van der Waals surface area (Å²) in [7, 11) is 0. The van der Waals surface area contributed by atoms with E-state index in [0.29, 0.717) is 17.8 Å². The van der Waals surface area contributed by atoms with Gasteiger partial charge < -0.3 is 0 Å². The zero-order valence-electron chi connectivity index (χ0n) is 10.1. The number of hydrogen-bond acceptors (Lipinski definition) is 0. The second-order valence-corrected chi connectivity index (χ2v) is 5.17. The maximum absolute atomic E-state index is 2.35. The molecule has 0 aliphatic heterocycles. The van der Waals surface area contributed by atoms with Crippen LogP contribution >= 0.6 is 0 Å². The smallest absolute Gasteiger partial charge is 0.00502 e. The molecular weight excluding hydrogens is 180 g/mol. The summed E-state index contributed by atoms with van der Waals surface area (Å²) in [6.45, 7) is 9.08. The molecule has 1 aliphatic rings. The highest BCUT2D eigenvalue weighted by atomic mass is 14.2. The summed E-state index contributed by atoms with van der Waals surface area (Å²) in [5.41, 5.74) is 4.39. The van der Waals surface area contributed by atoms with E-state index in [1.165, 1.54) is 16.7 Å². The average molecular weight is 200 g/mol. The summed E-state index contributed by atoms with van der Waals surface area (Å²) in [6, 6.07) is 6.94. The Kier molecular flexibility index (Phi) is 2.68. The molecule has 80 valence electrons. The molecule has 0 heterocycles. The summed E-state index contributed by atoms with van der Waals surface area (Å²) >= 11 is 0. The number of allylic oxidation sites excluding steroid dienone is 1. The van der Waals surface area contributed by atoms with Gasteiger partial charge in [-0.3, -0.25) is 0 Å². The summed E-state index contributed by atoms with van der Waals surface area (Å²) < 4.78 is 0. The molecule has 1 aliphatic carbocycles. The Morgan fingerprint density at radius 2 is 1.80 bits per heavy atom. The molecule has 0 amide bonds. The van der Waals surface area contributed by atoms with Gasteiger partial charge in [-0.1, -0.05) is 58.0 Å². The van der Waals surface area contributed by atoms with Crippen molar-refractivity contribution < 1.29 is 0 Å². The van der Waals surface area contributed by atoms with Crippen molar-refractivity contribution in [2.75, 3.05) is 0 Å². The van der Waals surface area contributed by atoms with Gasteiger partial charge >= 0.3 is 0 Å². The van der Waals surface area contributed by atoms with Crippen molar-refractivity contribution in [1.82, 2.24) is 0 Å². The van der Waals surface area contributed by atoms with Gasteiger partial charge in [0, 0.05) is 5.92 Å². The quantitative estimate of drug-likeness (QED) is 0.655. The van der Waals surface area contributed by atoms with Crippen LogP contribution in [0.15, 0.2) is 24.3 Å². The van der Waals surface area contributed by atoms with E-state index in [1.807, 2.05) is 0 Å². The zero-order chi connectivity index (χ0) is 11.0. The number of fused-ring (bicyclic) bond motifs is 1. The van der Waals surface area contributed by atoms with Gasteiger partial charge in [-0.15, -0.1) is 0 Å². The van der Waals surface area contributed by atoms with Gasteiger partial charge in [0.15, 0.2) is 0 Å². The van der Waals surface area contributed by atoms with Crippen molar-refractivity contribution in [3.8, 4) is 0 Å². The molecule has 1 atom stereocenters. The topological polar surface area (TPSA) is 0 Å². The zero-order valence-corrected chi connectivity index (χ0v) is 10.1. The van der Waals surface area contributed by atoms with Gasteiger partial charge in [-0.05, 0) is 28.5 Å². The van der Waals surface area contributed by atoms with Crippen LogP contribution in [0.4, 0.5) is 0 Å². The minimum atomic E-state index is 0.626. The molecule has 0 N–H and O–H groups in total. The van der Waals surface area contributed by atoms with Crippen LogP contribution < -0.4 is 0 Å². The molecule has 0 saturated heterocycles. The van der Waals surface area contributed by atoms with Gasteiger partial charge in [0.25, 0.3) is 0 Å². The predicted molar refractivity (Wildman–Crippen MR) is 67.1 cm³/mol. The molecule has 0 saturated carbocycles. The van der Waals surface area contributed by atoms with Crippen molar-refractivity contribution in [2.24, 2.45) is 5.92 Å². The van der Waals surface area contributed by atoms with Gasteiger partial charge in [-0.2, -0.15) is 0 Å². The largest absolute Gasteiger partial charge is 0.0761 e. The Hall–Kier alpha value is -1.04. The minimum absolute atomic E-state index is 0.626. The number of rotatable bonds is 2. The third-order valence-corrected chi connectivity index (χ3v) is 3.34. The van der Waals surface area contributed by atoms with Crippen molar-refractivity contribution in [3.63, 3.8) is 0 Å². The van der Waals surface area contributed by atoms with E-state index in [2.05, 4.69) is 58.0 Å². The standard InChI is InChI=1S/C15H20/c1-10(2)12-5-8-15-13(9-12)6-7-14(15)11(3)4/h5-11,14H,1-4H3. The summed E-state index contributed by atoms with van der Waals surface area (Å²) in [4.78, 5) is 0. The molecule has 0 nitrogen and oxygen atoms in total. The second kappa shape index (κ2) is 3.84. The normalized spacial score (nSPS) is 18.9. The van der Waals surface area contributed by atoms with Gasteiger partial charge in [-0.25, -0.2) is 0 Å². The predicted octanol–water partition coefficient (Wildman–Crippen LogP) is 4.58. The van der Waals surface area contributed by atoms with Gasteiger partial charge in [0.1, 0.15) is 0 Å². The highest BCUT2D eigenvalue weighted by molar-refractivity contribution is 5.63. The lowest BCUT2D eigenvalue weighted by atomic mass is 9.89. The van der Waals surface area contributed by atoms with Crippen LogP contribution in [0.2, 0.25) is 0 Å². The monoisotopic (exact) mass is 200 g/mol. The maximum Gasteiger partial charge on any atom is 0.00502 e. The third-order valence-electron chi connectivity index (χ3n) is 3.34. The fourth-order valence-electron chi connectivity index (χ4n) is 2.29. The third kappa shape index (κ3) is 1.86. The first-order valence-electron chi connectivity index (χ1n) is 5.91. The molecule has 1 unspecified atom stereocenters. The summed E-state index contributed by atoms with van der Waals surface area (Å²) in [6.07, 6.45) is 4.63. The van der Waals surface area contributed by atoms with E-state index in [4.69, 9.17) is 0 Å². The molecule has 1 aromatic carbocycles.